The minimum Gasteiger partial charge on any atom is -0.481 e. The molecule has 2 heterocycles. The number of ether oxygens (including phenoxy) is 2. The first-order valence-corrected chi connectivity index (χ1v) is 9.29. The van der Waals surface area contributed by atoms with Gasteiger partial charge in [-0.25, -0.2) is 0 Å². The van der Waals surface area contributed by atoms with Crippen molar-refractivity contribution in [3.8, 4) is 0 Å². The highest BCUT2D eigenvalue weighted by Gasteiger charge is 2.23. The van der Waals surface area contributed by atoms with Gasteiger partial charge in [0.05, 0.1) is 32.8 Å². The molecule has 12 nitrogen and oxygen atoms in total. The van der Waals surface area contributed by atoms with Crippen LogP contribution in [0, 0.1) is 0 Å². The predicted octanol–water partition coefficient (Wildman–Crippen LogP) is -1.41. The lowest BCUT2D eigenvalue weighted by Gasteiger charge is -2.13. The lowest BCUT2D eigenvalue weighted by atomic mass is 10.3. The molecule has 2 aliphatic heterocycles. The van der Waals surface area contributed by atoms with E-state index < -0.39 is 17.8 Å². The topological polar surface area (TPSA) is 168 Å². The van der Waals surface area contributed by atoms with Gasteiger partial charge in [-0.1, -0.05) is 0 Å². The number of amides is 5. The van der Waals surface area contributed by atoms with E-state index in [1.54, 1.807) is 0 Å². The summed E-state index contributed by atoms with van der Waals surface area (Å²) in [6.45, 7) is 1.36. The maximum atomic E-state index is 11.5. The van der Waals surface area contributed by atoms with Gasteiger partial charge in [0.2, 0.25) is 17.7 Å². The molecule has 0 unspecified atom stereocenters. The molecular weight excluding hydrogens is 402 g/mol. The Balaban J connectivity index is 0.000000950. The van der Waals surface area contributed by atoms with Crippen molar-refractivity contribution in [1.82, 2.24) is 15.5 Å². The fourth-order valence-corrected chi connectivity index (χ4v) is 2.20. The van der Waals surface area contributed by atoms with Crippen molar-refractivity contribution in [2.45, 2.75) is 25.7 Å². The lowest BCUT2D eigenvalue weighted by molar-refractivity contribution is -0.139. The summed E-state index contributed by atoms with van der Waals surface area (Å²) < 4.78 is 10.2. The first kappa shape index (κ1) is 24.9. The van der Waals surface area contributed by atoms with Crippen LogP contribution in [0.1, 0.15) is 27.1 Å². The Morgan fingerprint density at radius 2 is 1.53 bits per heavy atom. The van der Waals surface area contributed by atoms with Gasteiger partial charge in [0.1, 0.15) is 0 Å². The summed E-state index contributed by atoms with van der Waals surface area (Å²) in [4.78, 5) is 65.5. The van der Waals surface area contributed by atoms with E-state index in [4.69, 9.17) is 14.6 Å². The van der Waals surface area contributed by atoms with Gasteiger partial charge < -0.3 is 19.9 Å². The second kappa shape index (κ2) is 14.0. The number of carbonyl (C=O) groups is 6. The molecule has 0 aromatic carbocycles. The third kappa shape index (κ3) is 11.0. The Morgan fingerprint density at radius 1 is 0.967 bits per heavy atom. The summed E-state index contributed by atoms with van der Waals surface area (Å²) in [6.07, 6.45) is 3.09. The zero-order valence-corrected chi connectivity index (χ0v) is 16.4. The van der Waals surface area contributed by atoms with E-state index in [1.807, 2.05) is 0 Å². The molecule has 0 bridgehead atoms. The van der Waals surface area contributed by atoms with Crippen LogP contribution in [0.3, 0.4) is 0 Å². The Morgan fingerprint density at radius 3 is 2.03 bits per heavy atom. The van der Waals surface area contributed by atoms with Crippen molar-refractivity contribution in [3.63, 3.8) is 0 Å². The zero-order valence-electron chi connectivity index (χ0n) is 16.4. The fraction of sp³-hybridized carbons (Fsp3) is 0.556. The van der Waals surface area contributed by atoms with Crippen LogP contribution in [-0.4, -0.2) is 85.0 Å². The van der Waals surface area contributed by atoms with Crippen LogP contribution >= 0.6 is 0 Å². The Hall–Kier alpha value is -3.12. The predicted molar refractivity (Wildman–Crippen MR) is 102 cm³/mol. The first-order chi connectivity index (χ1) is 14.3. The van der Waals surface area contributed by atoms with E-state index in [9.17, 15) is 28.8 Å². The highest BCUT2D eigenvalue weighted by molar-refractivity contribution is 6.13. The van der Waals surface area contributed by atoms with Crippen LogP contribution < -0.4 is 10.6 Å². The lowest BCUT2D eigenvalue weighted by Crippen LogP contribution is -2.35. The molecule has 2 rings (SSSR count). The fourth-order valence-electron chi connectivity index (χ4n) is 2.20. The van der Waals surface area contributed by atoms with E-state index in [1.165, 1.54) is 12.2 Å². The standard InChI is InChI=1S/C14H20N2O7.C4H5NO2.H2/c17-11(3-6-16-12(18)1-2-13(16)19)15-5-8-23-10-9-22-7-4-14(20)21;6-3-1-2-4(7)5-3;/h1-2H,3-10H2,(H,15,17)(H,20,21);1-2H2,(H,5,6,7);1H. The molecule has 0 aromatic rings. The highest BCUT2D eigenvalue weighted by Crippen LogP contribution is 2.03. The third-order valence-electron chi connectivity index (χ3n) is 3.72. The van der Waals surface area contributed by atoms with Crippen LogP contribution in [0.5, 0.6) is 0 Å². The van der Waals surface area contributed by atoms with Crippen LogP contribution in [0.4, 0.5) is 0 Å². The molecule has 0 spiro atoms. The van der Waals surface area contributed by atoms with Crippen molar-refractivity contribution in [2.75, 3.05) is 39.5 Å². The molecule has 168 valence electrons. The molecule has 1 saturated heterocycles. The number of nitrogens with one attached hydrogen (secondary N) is 2. The summed E-state index contributed by atoms with van der Waals surface area (Å²) >= 11 is 0. The molecule has 0 atom stereocenters. The summed E-state index contributed by atoms with van der Waals surface area (Å²) in [5.41, 5.74) is 0. The Kier molecular flexibility index (Phi) is 11.6. The summed E-state index contributed by atoms with van der Waals surface area (Å²) in [5.74, 6) is -2.31. The van der Waals surface area contributed by atoms with E-state index in [0.717, 1.165) is 4.90 Å². The van der Waals surface area contributed by atoms with Gasteiger partial charge in [-0.15, -0.1) is 0 Å². The van der Waals surface area contributed by atoms with Gasteiger partial charge >= 0.3 is 5.97 Å². The van der Waals surface area contributed by atoms with Gasteiger partial charge in [0.15, 0.2) is 0 Å². The summed E-state index contributed by atoms with van der Waals surface area (Å²) in [6, 6.07) is 0. The molecule has 0 radical (unpaired) electrons. The van der Waals surface area contributed by atoms with Gasteiger partial charge in [-0.3, -0.25) is 39.0 Å². The van der Waals surface area contributed by atoms with Gasteiger partial charge in [-0.2, -0.15) is 0 Å². The number of aliphatic carboxylic acids is 1. The SMILES string of the molecule is O=C(O)CCOCCOCCNC(=O)CCN1C(=O)C=CC1=O.O=C1CCC(=O)N1.[HH]. The van der Waals surface area contributed by atoms with Crippen LogP contribution in [0.15, 0.2) is 12.2 Å². The quantitative estimate of drug-likeness (QED) is 0.249. The number of hydrogen-bond donors (Lipinski definition) is 3. The van der Waals surface area contributed by atoms with Crippen LogP contribution in [0.25, 0.3) is 0 Å². The molecule has 0 aliphatic carbocycles. The van der Waals surface area contributed by atoms with Crippen LogP contribution in [0.2, 0.25) is 0 Å². The Bertz CT molecular complexity index is 665. The van der Waals surface area contributed by atoms with Crippen molar-refractivity contribution in [1.29, 1.82) is 0 Å². The molecule has 0 saturated carbocycles. The molecule has 5 amide bonds. The number of nitrogens with zero attached hydrogens (tertiary/aromatic N) is 1. The number of imide groups is 2. The molecular formula is C18H27N3O9. The van der Waals surface area contributed by atoms with Crippen molar-refractivity contribution in [3.05, 3.63) is 12.2 Å². The van der Waals surface area contributed by atoms with Crippen molar-refractivity contribution >= 4 is 35.5 Å². The second-order valence-corrected chi connectivity index (χ2v) is 6.10. The monoisotopic (exact) mass is 429 g/mol. The molecule has 1 fully saturated rings. The van der Waals surface area contributed by atoms with Crippen molar-refractivity contribution < 1.29 is 44.8 Å². The number of hydrogen-bond acceptors (Lipinski definition) is 8. The number of rotatable bonds is 12. The molecule has 30 heavy (non-hydrogen) atoms. The van der Waals surface area contributed by atoms with Gasteiger partial charge in [0.25, 0.3) is 11.8 Å². The maximum absolute atomic E-state index is 11.5. The van der Waals surface area contributed by atoms with Gasteiger partial charge in [-0.05, 0) is 0 Å². The van der Waals surface area contributed by atoms with Crippen LogP contribution in [-0.2, 0) is 38.2 Å². The average Bonchev–Trinajstić information content (AvgIpc) is 3.22. The van der Waals surface area contributed by atoms with Gasteiger partial charge in [0, 0.05) is 45.9 Å². The summed E-state index contributed by atoms with van der Waals surface area (Å²) in [7, 11) is 0. The normalized spacial score (nSPS) is 15.1. The molecule has 3 N–H and O–H groups in total. The number of carboxylic acids is 1. The smallest absolute Gasteiger partial charge is 0.305 e. The highest BCUT2D eigenvalue weighted by atomic mass is 16.5. The molecule has 2 aliphatic rings. The third-order valence-corrected chi connectivity index (χ3v) is 3.72. The first-order valence-electron chi connectivity index (χ1n) is 9.29. The second-order valence-electron chi connectivity index (χ2n) is 6.10. The minimum atomic E-state index is -0.915. The van der Waals surface area contributed by atoms with E-state index >= 15 is 0 Å². The van der Waals surface area contributed by atoms with E-state index in [0.29, 0.717) is 26.0 Å². The van der Waals surface area contributed by atoms with Crippen molar-refractivity contribution in [2.24, 2.45) is 0 Å². The largest absolute Gasteiger partial charge is 0.481 e. The molecule has 0 aromatic heterocycles. The minimum absolute atomic E-state index is 0. The van der Waals surface area contributed by atoms with E-state index in [-0.39, 0.29) is 58.4 Å². The Labute approximate surface area is 174 Å². The maximum Gasteiger partial charge on any atom is 0.305 e. The zero-order chi connectivity index (χ0) is 22.4. The molecule has 12 heteroatoms. The van der Waals surface area contributed by atoms with E-state index in [2.05, 4.69) is 10.6 Å². The average molecular weight is 429 g/mol. The summed E-state index contributed by atoms with van der Waals surface area (Å²) in [5, 5.41) is 13.1. The number of carbonyl (C=O) groups excluding carboxylic acids is 5. The number of carboxylic acid groups (broad SMARTS) is 1.